The van der Waals surface area contributed by atoms with E-state index in [-0.39, 0.29) is 49.0 Å². The molecule has 0 aliphatic heterocycles. The zero-order valence-corrected chi connectivity index (χ0v) is 22.7. The number of rotatable bonds is 11. The number of hydrogen-bond acceptors (Lipinski definition) is 9. The lowest BCUT2D eigenvalue weighted by molar-refractivity contribution is -0.150. The molecule has 10 nitrogen and oxygen atoms in total. The number of ether oxygens (including phenoxy) is 3. The lowest BCUT2D eigenvalue weighted by Gasteiger charge is -2.23. The number of hydrogen-bond donors (Lipinski definition) is 2. The maximum absolute atomic E-state index is 12.1. The van der Waals surface area contributed by atoms with Gasteiger partial charge in [-0.1, -0.05) is 27.7 Å². The van der Waals surface area contributed by atoms with Crippen molar-refractivity contribution in [2.75, 3.05) is 13.2 Å². The summed E-state index contributed by atoms with van der Waals surface area (Å²) in [5.74, 6) is -2.55. The van der Waals surface area contributed by atoms with Gasteiger partial charge in [0, 0.05) is 11.8 Å². The van der Waals surface area contributed by atoms with Crippen molar-refractivity contribution in [1.29, 1.82) is 0 Å². The normalized spacial score (nSPS) is 13.9. The van der Waals surface area contributed by atoms with Gasteiger partial charge in [0.1, 0.15) is 5.60 Å². The van der Waals surface area contributed by atoms with E-state index in [1.165, 1.54) is 0 Å². The molecule has 4 atom stereocenters. The molecule has 0 heterocycles. The van der Waals surface area contributed by atoms with E-state index in [9.17, 15) is 24.0 Å². The second-order valence-corrected chi connectivity index (χ2v) is 8.48. The first-order chi connectivity index (χ1) is 15.2. The second kappa shape index (κ2) is 18.2. The number of amides is 1. The van der Waals surface area contributed by atoms with Gasteiger partial charge in [-0.2, -0.15) is 0 Å². The first kappa shape index (κ1) is 36.4. The Kier molecular flexibility index (Phi) is 19.4. The van der Waals surface area contributed by atoms with E-state index in [4.69, 9.17) is 15.2 Å². The minimum atomic E-state index is -1.32. The summed E-state index contributed by atoms with van der Waals surface area (Å²) in [6, 6.07) is -2.44. The summed E-state index contributed by atoms with van der Waals surface area (Å²) < 4.78 is 14.5. The molecule has 0 fully saturated rings. The Morgan fingerprint density at radius 2 is 1.21 bits per heavy atom. The third-order valence-corrected chi connectivity index (χ3v) is 4.51. The van der Waals surface area contributed by atoms with Crippen molar-refractivity contribution in [2.45, 2.75) is 92.8 Å². The molecule has 0 aromatic heterocycles. The van der Waals surface area contributed by atoms with Gasteiger partial charge < -0.3 is 25.3 Å². The minimum absolute atomic E-state index is 0. The van der Waals surface area contributed by atoms with Crippen LogP contribution in [0.2, 0.25) is 0 Å². The van der Waals surface area contributed by atoms with Crippen molar-refractivity contribution in [1.82, 2.24) is 5.32 Å². The van der Waals surface area contributed by atoms with Crippen molar-refractivity contribution in [3.8, 4) is 0 Å². The standard InChI is InChI=1S/C14H25NO5.C9H17NO3.ClH/c1-7-9(3)11(16)10(12(17)19-8-2)15-13(18)20-14(4,5)6;1-4-6(3)8(11)7(10)9(12)13-5-2;/h9-10H,7-8H2,1-6H3,(H,15,18);6-7H,4-5,10H2,1-3H3;1H. The fourth-order valence-electron chi connectivity index (χ4n) is 2.24. The summed E-state index contributed by atoms with van der Waals surface area (Å²) in [7, 11) is 0. The summed E-state index contributed by atoms with van der Waals surface area (Å²) in [5.41, 5.74) is 4.69. The van der Waals surface area contributed by atoms with Gasteiger partial charge in [0.2, 0.25) is 0 Å². The maximum Gasteiger partial charge on any atom is 0.408 e. The van der Waals surface area contributed by atoms with Gasteiger partial charge in [-0.05, 0) is 47.5 Å². The van der Waals surface area contributed by atoms with Crippen molar-refractivity contribution >= 4 is 42.0 Å². The van der Waals surface area contributed by atoms with E-state index in [1.54, 1.807) is 48.5 Å². The van der Waals surface area contributed by atoms with Gasteiger partial charge in [-0.15, -0.1) is 12.4 Å². The zero-order valence-electron chi connectivity index (χ0n) is 21.9. The maximum atomic E-state index is 12.1. The van der Waals surface area contributed by atoms with Crippen molar-refractivity contribution in [3.63, 3.8) is 0 Å². The second-order valence-electron chi connectivity index (χ2n) is 8.48. The van der Waals surface area contributed by atoms with Crippen molar-refractivity contribution in [2.24, 2.45) is 17.6 Å². The summed E-state index contributed by atoms with van der Waals surface area (Å²) >= 11 is 0. The van der Waals surface area contributed by atoms with Crippen LogP contribution in [0.3, 0.4) is 0 Å². The highest BCUT2D eigenvalue weighted by Gasteiger charge is 2.33. The Morgan fingerprint density at radius 3 is 1.59 bits per heavy atom. The molecular formula is C23H43ClN2O8. The van der Waals surface area contributed by atoms with E-state index in [2.05, 4.69) is 10.1 Å². The van der Waals surface area contributed by atoms with E-state index >= 15 is 0 Å². The van der Waals surface area contributed by atoms with Crippen LogP contribution in [0.15, 0.2) is 0 Å². The average Bonchev–Trinajstić information content (AvgIpc) is 2.74. The molecule has 0 saturated carbocycles. The smallest absolute Gasteiger partial charge is 0.408 e. The number of halogens is 1. The van der Waals surface area contributed by atoms with E-state index in [0.717, 1.165) is 0 Å². The van der Waals surface area contributed by atoms with Crippen LogP contribution in [-0.4, -0.2) is 60.5 Å². The topological polar surface area (TPSA) is 151 Å². The van der Waals surface area contributed by atoms with Crippen LogP contribution in [0.4, 0.5) is 4.79 Å². The van der Waals surface area contributed by atoms with Crippen LogP contribution in [-0.2, 0) is 33.4 Å². The molecule has 0 bridgehead atoms. The molecule has 0 saturated heterocycles. The molecule has 0 radical (unpaired) electrons. The lowest BCUT2D eigenvalue weighted by atomic mass is 9.97. The largest absolute Gasteiger partial charge is 0.464 e. The number of ketones is 2. The summed E-state index contributed by atoms with van der Waals surface area (Å²) in [5, 5.41) is 2.29. The van der Waals surface area contributed by atoms with Gasteiger partial charge >= 0.3 is 18.0 Å². The Bertz CT molecular complexity index is 664. The molecule has 0 spiro atoms. The van der Waals surface area contributed by atoms with E-state index in [1.807, 2.05) is 13.8 Å². The first-order valence-corrected chi connectivity index (χ1v) is 11.3. The number of nitrogens with one attached hydrogen (secondary N) is 1. The van der Waals surface area contributed by atoms with Crippen molar-refractivity contribution < 1.29 is 38.2 Å². The fourth-order valence-corrected chi connectivity index (χ4v) is 2.24. The number of nitrogens with two attached hydrogens (primary N) is 1. The Balaban J connectivity index is -0.000000598. The quantitative estimate of drug-likeness (QED) is 0.242. The van der Waals surface area contributed by atoms with Crippen LogP contribution in [0, 0.1) is 11.8 Å². The van der Waals surface area contributed by atoms with Gasteiger partial charge in [-0.3, -0.25) is 9.59 Å². The molecule has 0 aromatic rings. The van der Waals surface area contributed by atoms with Crippen LogP contribution < -0.4 is 11.1 Å². The van der Waals surface area contributed by atoms with E-state index in [0.29, 0.717) is 12.8 Å². The summed E-state index contributed by atoms with van der Waals surface area (Å²) in [6.07, 6.45) is 0.448. The van der Waals surface area contributed by atoms with Gasteiger partial charge in [-0.25, -0.2) is 14.4 Å². The Hall–Kier alpha value is -2.20. The number of alkyl carbamates (subject to hydrolysis) is 1. The Morgan fingerprint density at radius 1 is 0.794 bits per heavy atom. The number of Topliss-reactive ketones (excluding diaryl/α,β-unsaturated/α-hetero) is 2. The predicted octanol–water partition coefficient (Wildman–Crippen LogP) is 2.97. The van der Waals surface area contributed by atoms with Gasteiger partial charge in [0.15, 0.2) is 23.7 Å². The number of carbonyl (C=O) groups is 5. The molecule has 0 aliphatic carbocycles. The predicted molar refractivity (Wildman–Crippen MR) is 131 cm³/mol. The third-order valence-electron chi connectivity index (χ3n) is 4.51. The molecule has 1 amide bonds. The van der Waals surface area contributed by atoms with Crippen LogP contribution in [0.25, 0.3) is 0 Å². The highest BCUT2D eigenvalue weighted by molar-refractivity contribution is 6.06. The highest BCUT2D eigenvalue weighted by Crippen LogP contribution is 2.10. The lowest BCUT2D eigenvalue weighted by Crippen LogP contribution is -2.50. The van der Waals surface area contributed by atoms with E-state index < -0.39 is 35.7 Å². The highest BCUT2D eigenvalue weighted by atomic mass is 35.5. The molecule has 4 unspecified atom stereocenters. The van der Waals surface area contributed by atoms with Crippen LogP contribution >= 0.6 is 12.4 Å². The van der Waals surface area contributed by atoms with Crippen LogP contribution in [0.1, 0.15) is 75.2 Å². The molecular weight excluding hydrogens is 468 g/mol. The summed E-state index contributed by atoms with van der Waals surface area (Å²) in [6.45, 7) is 16.0. The molecule has 0 aromatic carbocycles. The molecule has 0 aliphatic rings. The fraction of sp³-hybridized carbons (Fsp3) is 0.783. The molecule has 3 N–H and O–H groups in total. The average molecular weight is 511 g/mol. The number of esters is 2. The number of carbonyl (C=O) groups excluding carboxylic acids is 5. The van der Waals surface area contributed by atoms with Gasteiger partial charge in [0.25, 0.3) is 0 Å². The minimum Gasteiger partial charge on any atom is -0.464 e. The summed E-state index contributed by atoms with van der Waals surface area (Å²) in [4.78, 5) is 58.0. The molecule has 0 rings (SSSR count). The molecule has 34 heavy (non-hydrogen) atoms. The van der Waals surface area contributed by atoms with Crippen LogP contribution in [0.5, 0.6) is 0 Å². The molecule has 200 valence electrons. The first-order valence-electron chi connectivity index (χ1n) is 11.3. The zero-order chi connectivity index (χ0) is 26.4. The monoisotopic (exact) mass is 510 g/mol. The Labute approximate surface area is 209 Å². The third kappa shape index (κ3) is 14.8. The molecule has 11 heteroatoms. The SMILES string of the molecule is CCOC(=O)C(N)C(=O)C(C)CC.CCOC(=O)C(NC(=O)OC(C)(C)C)C(=O)C(C)CC.Cl. The van der Waals surface area contributed by atoms with Crippen molar-refractivity contribution in [3.05, 3.63) is 0 Å². The van der Waals surface area contributed by atoms with Gasteiger partial charge in [0.05, 0.1) is 13.2 Å².